The molecule has 0 aromatic carbocycles. The summed E-state index contributed by atoms with van der Waals surface area (Å²) in [6.45, 7) is 11.7. The summed E-state index contributed by atoms with van der Waals surface area (Å²) in [5, 5.41) is 0. The Hall–Kier alpha value is -0.530. The molecule has 0 unspecified atom stereocenters. The van der Waals surface area contributed by atoms with Crippen LogP contribution in [-0.2, 0) is 4.79 Å². The Morgan fingerprint density at radius 3 is 2.29 bits per heavy atom. The number of hydrogen-bond donors (Lipinski definition) is 0. The molecule has 0 radical (unpaired) electrons. The molecule has 0 bridgehead atoms. The Bertz CT molecular complexity index is 217. The number of carbonyl (C=O) groups excluding carboxylic acids is 1. The summed E-state index contributed by atoms with van der Waals surface area (Å²) in [6, 6.07) is 0.422. The molecule has 0 aromatic heterocycles. The van der Waals surface area contributed by atoms with Crippen LogP contribution in [0.5, 0.6) is 0 Å². The van der Waals surface area contributed by atoms with E-state index in [0.29, 0.717) is 11.5 Å². The minimum Gasteiger partial charge on any atom is -0.340 e. The second-order valence-corrected chi connectivity index (χ2v) is 5.65. The quantitative estimate of drug-likeness (QED) is 0.584. The van der Waals surface area contributed by atoms with Gasteiger partial charge in [-0.15, -0.1) is 0 Å². The van der Waals surface area contributed by atoms with Gasteiger partial charge in [-0.25, -0.2) is 0 Å². The lowest BCUT2D eigenvalue weighted by Gasteiger charge is -2.42. The molecule has 0 N–H and O–H groups in total. The third-order valence-corrected chi connectivity index (χ3v) is 3.51. The lowest BCUT2D eigenvalue weighted by molar-refractivity contribution is -0.133. The van der Waals surface area contributed by atoms with Gasteiger partial charge in [0.25, 0.3) is 0 Å². The van der Waals surface area contributed by atoms with Crippen molar-refractivity contribution in [2.45, 2.75) is 53.5 Å². The van der Waals surface area contributed by atoms with Gasteiger partial charge in [0.05, 0.1) is 0 Å². The van der Waals surface area contributed by atoms with E-state index >= 15 is 0 Å². The van der Waals surface area contributed by atoms with Crippen LogP contribution >= 0.6 is 0 Å². The molecule has 82 valence electrons. The van der Waals surface area contributed by atoms with Crippen molar-refractivity contribution in [3.63, 3.8) is 0 Å². The summed E-state index contributed by atoms with van der Waals surface area (Å²) in [5.74, 6) is 0.984. The van der Waals surface area contributed by atoms with E-state index in [2.05, 4.69) is 27.7 Å². The van der Waals surface area contributed by atoms with E-state index in [1.54, 1.807) is 6.92 Å². The molecule has 1 fully saturated rings. The maximum Gasteiger partial charge on any atom is 0.219 e. The van der Waals surface area contributed by atoms with Gasteiger partial charge >= 0.3 is 0 Å². The van der Waals surface area contributed by atoms with Crippen molar-refractivity contribution >= 4 is 5.91 Å². The molecule has 0 aliphatic carbocycles. The summed E-state index contributed by atoms with van der Waals surface area (Å²) < 4.78 is 0. The molecule has 14 heavy (non-hydrogen) atoms. The van der Waals surface area contributed by atoms with E-state index in [4.69, 9.17) is 0 Å². The first-order valence-electron chi connectivity index (χ1n) is 5.59. The number of rotatable bonds is 0. The van der Waals surface area contributed by atoms with E-state index in [9.17, 15) is 4.79 Å². The van der Waals surface area contributed by atoms with Gasteiger partial charge in [-0.3, -0.25) is 4.79 Å². The molecule has 2 nitrogen and oxygen atoms in total. The number of likely N-dealkylation sites (tertiary alicyclic amines) is 1. The zero-order chi connectivity index (χ0) is 10.9. The highest BCUT2D eigenvalue weighted by molar-refractivity contribution is 5.73. The number of amides is 1. The van der Waals surface area contributed by atoms with E-state index in [1.807, 2.05) is 4.90 Å². The first kappa shape index (κ1) is 11.5. The minimum absolute atomic E-state index is 0.227. The van der Waals surface area contributed by atoms with E-state index in [-0.39, 0.29) is 5.91 Å². The second kappa shape index (κ2) is 3.92. The first-order chi connectivity index (χ1) is 6.32. The van der Waals surface area contributed by atoms with Gasteiger partial charge in [0.2, 0.25) is 5.91 Å². The zero-order valence-corrected chi connectivity index (χ0v) is 10.1. The Kier molecular flexibility index (Phi) is 3.23. The smallest absolute Gasteiger partial charge is 0.219 e. The first-order valence-corrected chi connectivity index (χ1v) is 5.59. The van der Waals surface area contributed by atoms with Crippen molar-refractivity contribution in [3.8, 4) is 0 Å². The third-order valence-electron chi connectivity index (χ3n) is 3.51. The van der Waals surface area contributed by atoms with Crippen LogP contribution in [0.15, 0.2) is 0 Å². The molecular weight excluding hydrogens is 174 g/mol. The number of carbonyl (C=O) groups is 1. The molecule has 1 saturated heterocycles. The monoisotopic (exact) mass is 197 g/mol. The van der Waals surface area contributed by atoms with Crippen LogP contribution in [0.3, 0.4) is 0 Å². The summed E-state index contributed by atoms with van der Waals surface area (Å²) in [4.78, 5) is 13.3. The summed E-state index contributed by atoms with van der Waals surface area (Å²) >= 11 is 0. The second-order valence-electron chi connectivity index (χ2n) is 5.65. The molecule has 0 aromatic rings. The number of hydrogen-bond acceptors (Lipinski definition) is 1. The van der Waals surface area contributed by atoms with Crippen LogP contribution in [0.4, 0.5) is 0 Å². The predicted octanol–water partition coefficient (Wildman–Crippen LogP) is 2.68. The molecule has 2 atom stereocenters. The van der Waals surface area contributed by atoms with Crippen LogP contribution < -0.4 is 0 Å². The Morgan fingerprint density at radius 1 is 1.36 bits per heavy atom. The standard InChI is InChI=1S/C12H23NO/c1-9-8-11(12(3,4)5)6-7-13(9)10(2)14/h9,11H,6-8H2,1-5H3/t9-,11+/m1/s1. The summed E-state index contributed by atoms with van der Waals surface area (Å²) in [6.07, 6.45) is 2.32. The van der Waals surface area contributed by atoms with Crippen molar-refractivity contribution in [3.05, 3.63) is 0 Å². The van der Waals surface area contributed by atoms with E-state index in [0.717, 1.165) is 25.3 Å². The fraction of sp³-hybridized carbons (Fsp3) is 0.917. The minimum atomic E-state index is 0.227. The highest BCUT2D eigenvalue weighted by atomic mass is 16.2. The largest absolute Gasteiger partial charge is 0.340 e. The Morgan fingerprint density at radius 2 is 1.93 bits per heavy atom. The molecule has 1 amide bonds. The number of nitrogens with zero attached hydrogens (tertiary/aromatic N) is 1. The Labute approximate surface area is 87.7 Å². The lowest BCUT2D eigenvalue weighted by Crippen LogP contribution is -2.45. The third kappa shape index (κ3) is 2.49. The van der Waals surface area contributed by atoms with Crippen molar-refractivity contribution in [2.75, 3.05) is 6.54 Å². The SMILES string of the molecule is CC(=O)N1CC[C@H](C(C)(C)C)C[C@H]1C. The van der Waals surface area contributed by atoms with Crippen LogP contribution in [-0.4, -0.2) is 23.4 Å². The zero-order valence-electron chi connectivity index (χ0n) is 10.1. The highest BCUT2D eigenvalue weighted by Gasteiger charge is 2.33. The number of piperidine rings is 1. The van der Waals surface area contributed by atoms with Crippen LogP contribution in [0.2, 0.25) is 0 Å². The summed E-state index contributed by atoms with van der Waals surface area (Å²) in [7, 11) is 0. The Balaban J connectivity index is 2.60. The van der Waals surface area contributed by atoms with Gasteiger partial charge in [0.15, 0.2) is 0 Å². The van der Waals surface area contributed by atoms with Gasteiger partial charge in [-0.05, 0) is 31.1 Å². The van der Waals surface area contributed by atoms with Crippen molar-refractivity contribution < 1.29 is 4.79 Å². The fourth-order valence-electron chi connectivity index (χ4n) is 2.43. The van der Waals surface area contributed by atoms with Gasteiger partial charge in [0.1, 0.15) is 0 Å². The normalized spacial score (nSPS) is 29.1. The molecule has 2 heteroatoms. The highest BCUT2D eigenvalue weighted by Crippen LogP contribution is 2.36. The van der Waals surface area contributed by atoms with E-state index in [1.165, 1.54) is 0 Å². The average Bonchev–Trinajstić information content (AvgIpc) is 2.01. The van der Waals surface area contributed by atoms with Gasteiger partial charge in [-0.1, -0.05) is 20.8 Å². The molecule has 1 aliphatic rings. The lowest BCUT2D eigenvalue weighted by atomic mass is 9.73. The average molecular weight is 197 g/mol. The summed E-state index contributed by atoms with van der Waals surface area (Å²) in [5.41, 5.74) is 0.386. The molecule has 0 spiro atoms. The predicted molar refractivity (Wildman–Crippen MR) is 59.0 cm³/mol. The van der Waals surface area contributed by atoms with Gasteiger partial charge in [0, 0.05) is 19.5 Å². The van der Waals surface area contributed by atoms with Gasteiger partial charge in [-0.2, -0.15) is 0 Å². The van der Waals surface area contributed by atoms with Crippen molar-refractivity contribution in [2.24, 2.45) is 11.3 Å². The van der Waals surface area contributed by atoms with Crippen LogP contribution in [0.1, 0.15) is 47.5 Å². The van der Waals surface area contributed by atoms with E-state index < -0.39 is 0 Å². The molecular formula is C12H23NO. The fourth-order valence-corrected chi connectivity index (χ4v) is 2.43. The van der Waals surface area contributed by atoms with Crippen molar-refractivity contribution in [1.82, 2.24) is 4.90 Å². The van der Waals surface area contributed by atoms with Crippen molar-refractivity contribution in [1.29, 1.82) is 0 Å². The van der Waals surface area contributed by atoms with Crippen LogP contribution in [0, 0.1) is 11.3 Å². The molecule has 1 rings (SSSR count). The molecule has 1 aliphatic heterocycles. The maximum atomic E-state index is 11.3. The van der Waals surface area contributed by atoms with Gasteiger partial charge < -0.3 is 4.90 Å². The maximum absolute atomic E-state index is 11.3. The molecule has 0 saturated carbocycles. The topological polar surface area (TPSA) is 20.3 Å². The van der Waals surface area contributed by atoms with Crippen LogP contribution in [0.25, 0.3) is 0 Å². The molecule has 1 heterocycles.